The monoisotopic (exact) mass is 289 g/mol. The van der Waals surface area contributed by atoms with Crippen LogP contribution in [0.15, 0.2) is 66.7 Å². The Hall–Kier alpha value is -2.61. The van der Waals surface area contributed by atoms with Crippen molar-refractivity contribution in [3.8, 4) is 0 Å². The van der Waals surface area contributed by atoms with Gasteiger partial charge < -0.3 is 5.32 Å². The van der Waals surface area contributed by atoms with Gasteiger partial charge in [-0.05, 0) is 29.8 Å². The molecular formula is C20H19NO. The number of carbonyl (C=O) groups excluding carboxylic acids is 1. The fourth-order valence-electron chi connectivity index (χ4n) is 2.50. The van der Waals surface area contributed by atoms with Gasteiger partial charge in [-0.15, -0.1) is 0 Å². The Labute approximate surface area is 130 Å². The van der Waals surface area contributed by atoms with Crippen LogP contribution in [0, 0.1) is 6.92 Å². The zero-order valence-corrected chi connectivity index (χ0v) is 12.7. The molecule has 110 valence electrons. The van der Waals surface area contributed by atoms with Gasteiger partial charge in [-0.25, -0.2) is 0 Å². The Morgan fingerprint density at radius 3 is 2.41 bits per heavy atom. The molecule has 0 unspecified atom stereocenters. The molecule has 0 atom stereocenters. The summed E-state index contributed by atoms with van der Waals surface area (Å²) in [6.07, 6.45) is 0.496. The van der Waals surface area contributed by atoms with Crippen molar-refractivity contribution in [1.29, 1.82) is 0 Å². The van der Waals surface area contributed by atoms with Crippen molar-refractivity contribution in [2.75, 3.05) is 11.9 Å². The Morgan fingerprint density at radius 2 is 1.64 bits per heavy atom. The van der Waals surface area contributed by atoms with Crippen LogP contribution in [0.25, 0.3) is 10.8 Å². The van der Waals surface area contributed by atoms with Crippen LogP contribution in [0.2, 0.25) is 0 Å². The van der Waals surface area contributed by atoms with E-state index >= 15 is 0 Å². The second-order valence-corrected chi connectivity index (χ2v) is 5.53. The standard InChI is InChI=1S/C20H19NO/c1-15-6-8-17(9-7-15)20(22)12-13-21-19-11-10-16-4-2-3-5-18(16)14-19/h2-11,14,21H,12-13H2,1H3. The van der Waals surface area contributed by atoms with Crippen molar-refractivity contribution in [1.82, 2.24) is 0 Å². The van der Waals surface area contributed by atoms with Gasteiger partial charge in [-0.1, -0.05) is 60.2 Å². The third-order valence-corrected chi connectivity index (χ3v) is 3.80. The second kappa shape index (κ2) is 6.44. The summed E-state index contributed by atoms with van der Waals surface area (Å²) in [5.41, 5.74) is 3.01. The number of aryl methyl sites for hydroxylation is 1. The minimum absolute atomic E-state index is 0.174. The average Bonchev–Trinajstić information content (AvgIpc) is 2.55. The Kier molecular flexibility index (Phi) is 4.19. The van der Waals surface area contributed by atoms with Gasteiger partial charge in [-0.3, -0.25) is 4.79 Å². The molecule has 0 aromatic heterocycles. The van der Waals surface area contributed by atoms with Crippen LogP contribution in [0.4, 0.5) is 5.69 Å². The predicted octanol–water partition coefficient (Wildman–Crippen LogP) is 4.83. The smallest absolute Gasteiger partial charge is 0.164 e. The molecule has 0 bridgehead atoms. The normalized spacial score (nSPS) is 10.6. The lowest BCUT2D eigenvalue weighted by molar-refractivity contribution is 0.0986. The highest BCUT2D eigenvalue weighted by Gasteiger charge is 2.05. The lowest BCUT2D eigenvalue weighted by Crippen LogP contribution is -2.08. The van der Waals surface area contributed by atoms with Gasteiger partial charge >= 0.3 is 0 Å². The molecule has 0 spiro atoms. The van der Waals surface area contributed by atoms with Crippen LogP contribution in [0.3, 0.4) is 0 Å². The Bertz CT molecular complexity index is 790. The zero-order valence-electron chi connectivity index (χ0n) is 12.7. The van der Waals surface area contributed by atoms with Crippen LogP contribution in [0.5, 0.6) is 0 Å². The molecule has 0 saturated carbocycles. The van der Waals surface area contributed by atoms with Crippen LogP contribution >= 0.6 is 0 Å². The van der Waals surface area contributed by atoms with Crippen LogP contribution in [0.1, 0.15) is 22.3 Å². The molecule has 0 heterocycles. The summed E-state index contributed by atoms with van der Waals surface area (Å²) in [5, 5.41) is 5.76. The fraction of sp³-hybridized carbons (Fsp3) is 0.150. The van der Waals surface area contributed by atoms with Gasteiger partial charge in [-0.2, -0.15) is 0 Å². The molecule has 0 radical (unpaired) electrons. The summed E-state index contributed by atoms with van der Waals surface area (Å²) in [4.78, 5) is 12.1. The largest absolute Gasteiger partial charge is 0.385 e. The summed E-state index contributed by atoms with van der Waals surface area (Å²) in [7, 11) is 0. The molecule has 0 amide bonds. The number of benzene rings is 3. The Morgan fingerprint density at radius 1 is 0.909 bits per heavy atom. The lowest BCUT2D eigenvalue weighted by atomic mass is 10.1. The van der Waals surface area contributed by atoms with Crippen molar-refractivity contribution in [3.63, 3.8) is 0 Å². The van der Waals surface area contributed by atoms with E-state index in [1.807, 2.05) is 43.3 Å². The topological polar surface area (TPSA) is 29.1 Å². The molecule has 0 saturated heterocycles. The van der Waals surface area contributed by atoms with Gasteiger partial charge in [0.05, 0.1) is 0 Å². The number of hydrogen-bond donors (Lipinski definition) is 1. The average molecular weight is 289 g/mol. The van der Waals surface area contributed by atoms with E-state index in [0.29, 0.717) is 13.0 Å². The predicted molar refractivity (Wildman–Crippen MR) is 92.6 cm³/mol. The number of anilines is 1. The minimum atomic E-state index is 0.174. The van der Waals surface area contributed by atoms with Crippen LogP contribution in [-0.4, -0.2) is 12.3 Å². The van der Waals surface area contributed by atoms with Gasteiger partial charge in [0.25, 0.3) is 0 Å². The quantitative estimate of drug-likeness (QED) is 0.681. The first kappa shape index (κ1) is 14.3. The van der Waals surface area contributed by atoms with E-state index < -0.39 is 0 Å². The SMILES string of the molecule is Cc1ccc(C(=O)CCNc2ccc3ccccc3c2)cc1. The molecule has 0 aliphatic carbocycles. The van der Waals surface area contributed by atoms with Crippen molar-refractivity contribution in [3.05, 3.63) is 77.9 Å². The van der Waals surface area contributed by atoms with Gasteiger partial charge in [0, 0.05) is 24.2 Å². The molecule has 2 nitrogen and oxygen atoms in total. The second-order valence-electron chi connectivity index (χ2n) is 5.53. The van der Waals surface area contributed by atoms with E-state index in [1.165, 1.54) is 16.3 Å². The number of nitrogens with one attached hydrogen (secondary N) is 1. The molecule has 0 aliphatic rings. The first-order valence-corrected chi connectivity index (χ1v) is 7.55. The molecule has 0 aliphatic heterocycles. The van der Waals surface area contributed by atoms with Crippen molar-refractivity contribution < 1.29 is 4.79 Å². The number of fused-ring (bicyclic) bond motifs is 1. The van der Waals surface area contributed by atoms with Crippen molar-refractivity contribution in [2.45, 2.75) is 13.3 Å². The summed E-state index contributed by atoms with van der Waals surface area (Å²) in [5.74, 6) is 0.174. The number of ketones is 1. The first-order valence-electron chi connectivity index (χ1n) is 7.55. The van der Waals surface area contributed by atoms with Gasteiger partial charge in [0.15, 0.2) is 5.78 Å². The van der Waals surface area contributed by atoms with Gasteiger partial charge in [0.1, 0.15) is 0 Å². The molecule has 3 rings (SSSR count). The summed E-state index contributed by atoms with van der Waals surface area (Å²) in [6, 6.07) is 22.3. The maximum absolute atomic E-state index is 12.1. The van der Waals surface area contributed by atoms with Gasteiger partial charge in [0.2, 0.25) is 0 Å². The van der Waals surface area contributed by atoms with Crippen LogP contribution < -0.4 is 5.32 Å². The highest BCUT2D eigenvalue weighted by molar-refractivity contribution is 5.96. The third-order valence-electron chi connectivity index (χ3n) is 3.80. The van der Waals surface area contributed by atoms with Crippen LogP contribution in [-0.2, 0) is 0 Å². The summed E-state index contributed by atoms with van der Waals surface area (Å²) >= 11 is 0. The molecule has 0 fully saturated rings. The van der Waals surface area contributed by atoms with E-state index in [0.717, 1.165) is 11.3 Å². The third kappa shape index (κ3) is 3.34. The fourth-order valence-corrected chi connectivity index (χ4v) is 2.50. The van der Waals surface area contributed by atoms with E-state index in [4.69, 9.17) is 0 Å². The number of hydrogen-bond acceptors (Lipinski definition) is 2. The molecular weight excluding hydrogens is 270 g/mol. The number of Topliss-reactive ketones (excluding diaryl/α,β-unsaturated/α-hetero) is 1. The molecule has 1 N–H and O–H groups in total. The van der Waals surface area contributed by atoms with E-state index in [-0.39, 0.29) is 5.78 Å². The molecule has 3 aromatic rings. The number of rotatable bonds is 5. The Balaban J connectivity index is 1.59. The van der Waals surface area contributed by atoms with E-state index in [1.54, 1.807) is 0 Å². The van der Waals surface area contributed by atoms with E-state index in [9.17, 15) is 4.79 Å². The molecule has 3 aromatic carbocycles. The van der Waals surface area contributed by atoms with E-state index in [2.05, 4.69) is 35.6 Å². The maximum Gasteiger partial charge on any atom is 0.164 e. The lowest BCUT2D eigenvalue weighted by Gasteiger charge is -2.07. The zero-order chi connectivity index (χ0) is 15.4. The van der Waals surface area contributed by atoms with Crippen molar-refractivity contribution >= 4 is 22.2 Å². The summed E-state index contributed by atoms with van der Waals surface area (Å²) in [6.45, 7) is 2.67. The highest BCUT2D eigenvalue weighted by atomic mass is 16.1. The summed E-state index contributed by atoms with van der Waals surface area (Å²) < 4.78 is 0. The number of carbonyl (C=O) groups is 1. The maximum atomic E-state index is 12.1. The van der Waals surface area contributed by atoms with Crippen molar-refractivity contribution in [2.24, 2.45) is 0 Å². The molecule has 22 heavy (non-hydrogen) atoms. The minimum Gasteiger partial charge on any atom is -0.385 e. The highest BCUT2D eigenvalue weighted by Crippen LogP contribution is 2.18. The first-order chi connectivity index (χ1) is 10.7. The molecule has 2 heteroatoms.